The molecule has 6 nitrogen and oxygen atoms in total. The van der Waals surface area contributed by atoms with E-state index in [-0.39, 0.29) is 6.54 Å². The smallest absolute Gasteiger partial charge is 0.234 e. The van der Waals surface area contributed by atoms with E-state index in [0.29, 0.717) is 0 Å². The van der Waals surface area contributed by atoms with Gasteiger partial charge in [0.1, 0.15) is 5.75 Å². The average Bonchev–Trinajstić information content (AvgIpc) is 3.12. The maximum Gasteiger partial charge on any atom is 0.234 e. The molecule has 0 atom stereocenters. The second-order valence-electron chi connectivity index (χ2n) is 7.19. The normalized spacial score (nSPS) is 12.3. The molecule has 0 aliphatic rings. The van der Waals surface area contributed by atoms with Crippen LogP contribution in [0.3, 0.4) is 0 Å². The Kier molecular flexibility index (Phi) is 6.74. The predicted octanol–water partition coefficient (Wildman–Crippen LogP) is 3.37. The molecule has 0 saturated carbocycles. The Bertz CT molecular complexity index is 1080. The summed E-state index contributed by atoms with van der Waals surface area (Å²) in [7, 11) is 2.15. The lowest BCUT2D eigenvalue weighted by Gasteiger charge is -2.08. The van der Waals surface area contributed by atoms with Crippen molar-refractivity contribution in [2.24, 2.45) is 0 Å². The summed E-state index contributed by atoms with van der Waals surface area (Å²) in [6.45, 7) is 1.18. The molecule has 29 heavy (non-hydrogen) atoms. The summed E-state index contributed by atoms with van der Waals surface area (Å²) in [5.74, 6) is 0.738. The largest absolute Gasteiger partial charge is 0.497 e. The number of aromatic amines is 1. The molecule has 0 bridgehead atoms. The van der Waals surface area contributed by atoms with Crippen LogP contribution in [0, 0.1) is 0 Å². The van der Waals surface area contributed by atoms with Gasteiger partial charge in [-0.25, -0.2) is 13.1 Å². The molecule has 3 rings (SSSR count). The van der Waals surface area contributed by atoms with Gasteiger partial charge >= 0.3 is 0 Å². The van der Waals surface area contributed by atoms with Crippen LogP contribution in [-0.2, 0) is 23.0 Å². The van der Waals surface area contributed by atoms with E-state index in [1.807, 2.05) is 50.6 Å². The minimum atomic E-state index is -3.54. The predicted molar refractivity (Wildman–Crippen MR) is 118 cm³/mol. The molecule has 2 N–H and O–H groups in total. The maximum atomic E-state index is 12.3. The Morgan fingerprint density at radius 1 is 1.14 bits per heavy atom. The summed E-state index contributed by atoms with van der Waals surface area (Å²) >= 11 is 0. The summed E-state index contributed by atoms with van der Waals surface area (Å²) in [6.07, 6.45) is 4.58. The summed E-state index contributed by atoms with van der Waals surface area (Å²) < 4.78 is 32.3. The van der Waals surface area contributed by atoms with Crippen LogP contribution < -0.4 is 9.46 Å². The number of likely N-dealkylation sites (N-methyl/N-ethyl adjacent to an activating group) is 1. The van der Waals surface area contributed by atoms with Gasteiger partial charge in [0.15, 0.2) is 0 Å². The Labute approximate surface area is 172 Å². The van der Waals surface area contributed by atoms with Gasteiger partial charge < -0.3 is 14.6 Å². The average molecular weight is 414 g/mol. The number of benzene rings is 2. The number of sulfonamides is 1. The number of nitrogens with one attached hydrogen (secondary N) is 2. The highest BCUT2D eigenvalue weighted by atomic mass is 32.2. The van der Waals surface area contributed by atoms with Crippen LogP contribution in [0.1, 0.15) is 16.7 Å². The molecule has 0 aliphatic heterocycles. The summed E-state index contributed by atoms with van der Waals surface area (Å²) in [5.41, 5.74) is 3.99. The number of hydrogen-bond acceptors (Lipinski definition) is 4. The zero-order valence-corrected chi connectivity index (χ0v) is 17.8. The minimum Gasteiger partial charge on any atom is -0.497 e. The molecule has 0 fully saturated rings. The van der Waals surface area contributed by atoms with Crippen molar-refractivity contribution < 1.29 is 13.2 Å². The first kappa shape index (κ1) is 21.1. The van der Waals surface area contributed by atoms with Crippen molar-refractivity contribution in [2.75, 3.05) is 27.7 Å². The second kappa shape index (κ2) is 9.26. The van der Waals surface area contributed by atoms with Crippen molar-refractivity contribution in [1.29, 1.82) is 0 Å². The van der Waals surface area contributed by atoms with Gasteiger partial charge in [-0.3, -0.25) is 0 Å². The quantitative estimate of drug-likeness (QED) is 0.564. The van der Waals surface area contributed by atoms with Gasteiger partial charge in [0.25, 0.3) is 0 Å². The SMILES string of the molecule is COc1ccc(CNS(=O)(=O)/C=C/c2ccc3[nH]cc(CCN(C)C)c3c2)cc1. The van der Waals surface area contributed by atoms with E-state index >= 15 is 0 Å². The topological polar surface area (TPSA) is 74.4 Å². The number of hydrogen-bond donors (Lipinski definition) is 2. The Morgan fingerprint density at radius 2 is 1.90 bits per heavy atom. The Hall–Kier alpha value is -2.61. The Morgan fingerprint density at radius 3 is 2.59 bits per heavy atom. The third kappa shape index (κ3) is 5.93. The molecular weight excluding hydrogens is 386 g/mol. The molecule has 1 heterocycles. The molecule has 0 unspecified atom stereocenters. The van der Waals surface area contributed by atoms with Crippen LogP contribution in [0.15, 0.2) is 54.1 Å². The van der Waals surface area contributed by atoms with Gasteiger partial charge in [-0.15, -0.1) is 0 Å². The molecule has 7 heteroatoms. The fourth-order valence-electron chi connectivity index (χ4n) is 2.99. The van der Waals surface area contributed by atoms with E-state index in [1.165, 1.54) is 11.0 Å². The van der Waals surface area contributed by atoms with Crippen molar-refractivity contribution in [3.8, 4) is 5.75 Å². The first-order chi connectivity index (χ1) is 13.9. The first-order valence-corrected chi connectivity index (χ1v) is 11.0. The van der Waals surface area contributed by atoms with Crippen LogP contribution in [0.4, 0.5) is 0 Å². The number of H-pyrrole nitrogens is 1. The lowest BCUT2D eigenvalue weighted by molar-refractivity contribution is 0.414. The number of ether oxygens (including phenoxy) is 1. The molecular formula is C22H27N3O3S. The number of nitrogens with zero attached hydrogens (tertiary/aromatic N) is 1. The van der Waals surface area contributed by atoms with Crippen LogP contribution >= 0.6 is 0 Å². The molecule has 0 amide bonds. The van der Waals surface area contributed by atoms with E-state index in [9.17, 15) is 8.42 Å². The lowest BCUT2D eigenvalue weighted by Crippen LogP contribution is -2.20. The molecule has 1 aromatic heterocycles. The zero-order valence-electron chi connectivity index (χ0n) is 17.0. The van der Waals surface area contributed by atoms with Gasteiger partial charge in [-0.2, -0.15) is 0 Å². The number of aromatic nitrogens is 1. The van der Waals surface area contributed by atoms with Crippen LogP contribution in [-0.4, -0.2) is 46.1 Å². The third-order valence-electron chi connectivity index (χ3n) is 4.70. The molecule has 2 aromatic carbocycles. The van der Waals surface area contributed by atoms with E-state index in [0.717, 1.165) is 40.7 Å². The van der Waals surface area contributed by atoms with Crippen LogP contribution in [0.25, 0.3) is 17.0 Å². The van der Waals surface area contributed by atoms with E-state index in [1.54, 1.807) is 25.3 Å². The maximum absolute atomic E-state index is 12.3. The highest BCUT2D eigenvalue weighted by molar-refractivity contribution is 7.92. The third-order valence-corrected chi connectivity index (χ3v) is 5.74. The van der Waals surface area contributed by atoms with Crippen molar-refractivity contribution in [3.05, 3.63) is 70.8 Å². The van der Waals surface area contributed by atoms with E-state index < -0.39 is 10.0 Å². The first-order valence-electron chi connectivity index (χ1n) is 9.42. The fraction of sp³-hybridized carbons (Fsp3) is 0.273. The monoisotopic (exact) mass is 413 g/mol. The summed E-state index contributed by atoms with van der Waals surface area (Å²) in [4.78, 5) is 5.42. The van der Waals surface area contributed by atoms with Gasteiger partial charge in [0, 0.05) is 35.6 Å². The van der Waals surface area contributed by atoms with Gasteiger partial charge in [-0.1, -0.05) is 18.2 Å². The second-order valence-corrected chi connectivity index (χ2v) is 8.84. The van der Waals surface area contributed by atoms with Crippen molar-refractivity contribution in [1.82, 2.24) is 14.6 Å². The molecule has 154 valence electrons. The van der Waals surface area contributed by atoms with Gasteiger partial charge in [0.2, 0.25) is 10.0 Å². The molecule has 3 aromatic rings. The summed E-state index contributed by atoms with van der Waals surface area (Å²) in [5, 5.41) is 2.33. The standard InChI is InChI=1S/C22H27N3O3S/c1-25(2)12-10-19-16-23-22-9-6-17(14-21(19)22)11-13-29(26,27)24-15-18-4-7-20(28-3)8-5-18/h4-9,11,13-14,16,23-24H,10,12,15H2,1-3H3/b13-11+. The highest BCUT2D eigenvalue weighted by Crippen LogP contribution is 2.21. The van der Waals surface area contributed by atoms with Crippen molar-refractivity contribution in [3.63, 3.8) is 0 Å². The van der Waals surface area contributed by atoms with E-state index in [4.69, 9.17) is 4.74 Å². The van der Waals surface area contributed by atoms with Crippen molar-refractivity contribution >= 4 is 27.0 Å². The highest BCUT2D eigenvalue weighted by Gasteiger charge is 2.07. The minimum absolute atomic E-state index is 0.224. The van der Waals surface area contributed by atoms with Crippen LogP contribution in [0.2, 0.25) is 0 Å². The molecule has 0 spiro atoms. The van der Waals surface area contributed by atoms with Gasteiger partial charge in [0.05, 0.1) is 7.11 Å². The zero-order chi connectivity index (χ0) is 20.9. The summed E-state index contributed by atoms with van der Waals surface area (Å²) in [6, 6.07) is 13.2. The fourth-order valence-corrected chi connectivity index (χ4v) is 3.79. The molecule has 0 aliphatic carbocycles. The number of fused-ring (bicyclic) bond motifs is 1. The Balaban J connectivity index is 1.68. The van der Waals surface area contributed by atoms with E-state index in [2.05, 4.69) is 14.6 Å². The lowest BCUT2D eigenvalue weighted by atomic mass is 10.1. The number of methoxy groups -OCH3 is 1. The van der Waals surface area contributed by atoms with Crippen LogP contribution in [0.5, 0.6) is 5.75 Å². The van der Waals surface area contributed by atoms with Gasteiger partial charge in [-0.05, 0) is 67.5 Å². The number of rotatable bonds is 9. The van der Waals surface area contributed by atoms with Crippen molar-refractivity contribution in [2.45, 2.75) is 13.0 Å². The molecule has 0 radical (unpaired) electrons. The molecule has 0 saturated heterocycles.